The van der Waals surface area contributed by atoms with Crippen molar-refractivity contribution in [3.05, 3.63) is 24.0 Å². The van der Waals surface area contributed by atoms with Crippen LogP contribution in [0.1, 0.15) is 31.9 Å². The molecular formula is C15H23N3O2. The third-order valence-corrected chi connectivity index (χ3v) is 3.47. The molecule has 0 saturated carbocycles. The number of rotatable bonds is 5. The molecule has 1 aliphatic heterocycles. The molecule has 1 saturated heterocycles. The molecule has 1 unspecified atom stereocenters. The Kier molecular flexibility index (Phi) is 5.35. The highest BCUT2D eigenvalue weighted by molar-refractivity contribution is 5.78. The average Bonchev–Trinajstić information content (AvgIpc) is 2.48. The first kappa shape index (κ1) is 14.8. The summed E-state index contributed by atoms with van der Waals surface area (Å²) in [7, 11) is 0. The lowest BCUT2D eigenvalue weighted by Crippen LogP contribution is -2.44. The van der Waals surface area contributed by atoms with E-state index in [4.69, 9.17) is 10.5 Å². The number of nitrogen functional groups attached to an aromatic ring is 1. The Morgan fingerprint density at radius 3 is 3.10 bits per heavy atom. The molecule has 0 spiro atoms. The molecule has 1 amide bonds. The lowest BCUT2D eigenvalue weighted by molar-refractivity contribution is -0.134. The first-order chi connectivity index (χ1) is 9.69. The number of nitrogens with zero attached hydrogens (tertiary/aromatic N) is 2. The summed E-state index contributed by atoms with van der Waals surface area (Å²) in [6.07, 6.45) is 5.18. The summed E-state index contributed by atoms with van der Waals surface area (Å²) < 4.78 is 5.75. The minimum atomic E-state index is 0.118. The van der Waals surface area contributed by atoms with Crippen LogP contribution in [0.4, 0.5) is 5.69 Å². The largest absolute Gasteiger partial charge is 0.397 e. The minimum Gasteiger partial charge on any atom is -0.397 e. The Morgan fingerprint density at radius 2 is 2.40 bits per heavy atom. The zero-order chi connectivity index (χ0) is 14.4. The normalized spacial score (nSPS) is 19.1. The molecular weight excluding hydrogens is 254 g/mol. The quantitative estimate of drug-likeness (QED) is 0.888. The van der Waals surface area contributed by atoms with Gasteiger partial charge < -0.3 is 15.4 Å². The number of amides is 1. The van der Waals surface area contributed by atoms with E-state index in [1.807, 2.05) is 11.0 Å². The molecule has 0 bridgehead atoms. The summed E-state index contributed by atoms with van der Waals surface area (Å²) in [5.74, 6) is 0.118. The van der Waals surface area contributed by atoms with Crippen LogP contribution < -0.4 is 5.73 Å². The van der Waals surface area contributed by atoms with Gasteiger partial charge in [0.2, 0.25) is 5.91 Å². The van der Waals surface area contributed by atoms with E-state index in [1.165, 1.54) is 0 Å². The molecule has 2 N–H and O–H groups in total. The van der Waals surface area contributed by atoms with Gasteiger partial charge in [-0.2, -0.15) is 0 Å². The lowest BCUT2D eigenvalue weighted by atomic mass is 10.1. The number of likely N-dealkylation sites (tertiary alicyclic amines) is 1. The summed E-state index contributed by atoms with van der Waals surface area (Å²) >= 11 is 0. The Labute approximate surface area is 120 Å². The first-order valence-corrected chi connectivity index (χ1v) is 7.29. The van der Waals surface area contributed by atoms with E-state index in [9.17, 15) is 4.79 Å². The smallest absolute Gasteiger partial charge is 0.228 e. The van der Waals surface area contributed by atoms with Crippen LogP contribution in [0.25, 0.3) is 0 Å². The van der Waals surface area contributed by atoms with Crippen molar-refractivity contribution < 1.29 is 9.53 Å². The number of carbonyl (C=O) groups is 1. The highest BCUT2D eigenvalue weighted by Crippen LogP contribution is 2.15. The average molecular weight is 277 g/mol. The summed E-state index contributed by atoms with van der Waals surface area (Å²) in [5, 5.41) is 0. The van der Waals surface area contributed by atoms with E-state index >= 15 is 0 Å². The van der Waals surface area contributed by atoms with Crippen LogP contribution in [0.15, 0.2) is 18.3 Å². The molecule has 0 radical (unpaired) electrons. The fraction of sp³-hybridized carbons (Fsp3) is 0.600. The molecule has 1 aromatic rings. The number of piperidine rings is 1. The summed E-state index contributed by atoms with van der Waals surface area (Å²) in [4.78, 5) is 18.3. The number of hydrogen-bond acceptors (Lipinski definition) is 4. The molecule has 1 atom stereocenters. The van der Waals surface area contributed by atoms with Gasteiger partial charge in [-0.1, -0.05) is 6.92 Å². The Balaban J connectivity index is 1.86. The van der Waals surface area contributed by atoms with Crippen LogP contribution >= 0.6 is 0 Å². The summed E-state index contributed by atoms with van der Waals surface area (Å²) in [5.41, 5.74) is 6.97. The van der Waals surface area contributed by atoms with Crippen molar-refractivity contribution in [2.75, 3.05) is 25.4 Å². The second kappa shape index (κ2) is 7.24. The van der Waals surface area contributed by atoms with Crippen molar-refractivity contribution in [3.8, 4) is 0 Å². The zero-order valence-electron chi connectivity index (χ0n) is 12.0. The van der Waals surface area contributed by atoms with Crippen LogP contribution in [0.3, 0.4) is 0 Å². The van der Waals surface area contributed by atoms with Gasteiger partial charge in [-0.25, -0.2) is 0 Å². The van der Waals surface area contributed by atoms with Crippen LogP contribution in [-0.4, -0.2) is 41.6 Å². The predicted octanol–water partition coefficient (Wildman–Crippen LogP) is 1.62. The minimum absolute atomic E-state index is 0.118. The SMILES string of the molecule is CCCOC1CCCN(C(=O)Cc2ccc(N)cn2)C1. The van der Waals surface area contributed by atoms with Crippen molar-refractivity contribution in [3.63, 3.8) is 0 Å². The van der Waals surface area contributed by atoms with Gasteiger partial charge in [-0.05, 0) is 31.4 Å². The van der Waals surface area contributed by atoms with E-state index in [2.05, 4.69) is 11.9 Å². The molecule has 0 aliphatic carbocycles. The van der Waals surface area contributed by atoms with Gasteiger partial charge in [-0.15, -0.1) is 0 Å². The summed E-state index contributed by atoms with van der Waals surface area (Å²) in [6.45, 7) is 4.39. The second-order valence-corrected chi connectivity index (χ2v) is 5.23. The maximum absolute atomic E-state index is 12.3. The Morgan fingerprint density at radius 1 is 1.55 bits per heavy atom. The van der Waals surface area contributed by atoms with Gasteiger partial charge in [0.05, 0.1) is 24.4 Å². The van der Waals surface area contributed by atoms with E-state index < -0.39 is 0 Å². The maximum Gasteiger partial charge on any atom is 0.228 e. The fourth-order valence-corrected chi connectivity index (χ4v) is 2.39. The fourth-order valence-electron chi connectivity index (χ4n) is 2.39. The Hall–Kier alpha value is -1.62. The number of aromatic nitrogens is 1. The predicted molar refractivity (Wildman–Crippen MR) is 78.2 cm³/mol. The van der Waals surface area contributed by atoms with E-state index in [-0.39, 0.29) is 12.0 Å². The molecule has 2 rings (SSSR count). The van der Waals surface area contributed by atoms with Crippen molar-refractivity contribution in [1.82, 2.24) is 9.88 Å². The number of pyridine rings is 1. The number of anilines is 1. The molecule has 2 heterocycles. The van der Waals surface area contributed by atoms with Crippen molar-refractivity contribution in [2.45, 2.75) is 38.7 Å². The number of nitrogens with two attached hydrogens (primary N) is 1. The molecule has 1 fully saturated rings. The van der Waals surface area contributed by atoms with E-state index in [0.717, 1.165) is 38.1 Å². The topological polar surface area (TPSA) is 68.5 Å². The van der Waals surface area contributed by atoms with Gasteiger partial charge >= 0.3 is 0 Å². The van der Waals surface area contributed by atoms with Gasteiger partial charge in [0.1, 0.15) is 0 Å². The van der Waals surface area contributed by atoms with Crippen LogP contribution in [0.5, 0.6) is 0 Å². The number of carbonyl (C=O) groups excluding carboxylic acids is 1. The maximum atomic E-state index is 12.3. The van der Waals surface area contributed by atoms with Crippen molar-refractivity contribution >= 4 is 11.6 Å². The molecule has 20 heavy (non-hydrogen) atoms. The van der Waals surface area contributed by atoms with Gasteiger partial charge in [0.15, 0.2) is 0 Å². The Bertz CT molecular complexity index is 433. The highest BCUT2D eigenvalue weighted by atomic mass is 16.5. The van der Waals surface area contributed by atoms with Gasteiger partial charge in [0.25, 0.3) is 0 Å². The molecule has 0 aromatic carbocycles. The number of ether oxygens (including phenoxy) is 1. The standard InChI is InChI=1S/C15H23N3O2/c1-2-8-20-14-4-3-7-18(11-14)15(19)9-13-6-5-12(16)10-17-13/h5-6,10,14H,2-4,7-9,11,16H2,1H3. The van der Waals surface area contributed by atoms with Crippen LogP contribution in [0.2, 0.25) is 0 Å². The molecule has 5 heteroatoms. The first-order valence-electron chi connectivity index (χ1n) is 7.29. The molecule has 1 aliphatic rings. The summed E-state index contributed by atoms with van der Waals surface area (Å²) in [6, 6.07) is 3.58. The van der Waals surface area contributed by atoms with Crippen molar-refractivity contribution in [2.24, 2.45) is 0 Å². The zero-order valence-corrected chi connectivity index (χ0v) is 12.0. The molecule has 5 nitrogen and oxygen atoms in total. The lowest BCUT2D eigenvalue weighted by Gasteiger charge is -2.32. The van der Waals surface area contributed by atoms with E-state index in [0.29, 0.717) is 18.7 Å². The van der Waals surface area contributed by atoms with Gasteiger partial charge in [0, 0.05) is 25.4 Å². The van der Waals surface area contributed by atoms with Gasteiger partial charge in [-0.3, -0.25) is 9.78 Å². The molecule has 110 valence electrons. The second-order valence-electron chi connectivity index (χ2n) is 5.23. The third kappa shape index (κ3) is 4.20. The highest BCUT2D eigenvalue weighted by Gasteiger charge is 2.24. The van der Waals surface area contributed by atoms with Crippen LogP contribution in [0, 0.1) is 0 Å². The van der Waals surface area contributed by atoms with E-state index in [1.54, 1.807) is 12.3 Å². The van der Waals surface area contributed by atoms with Crippen LogP contribution in [-0.2, 0) is 16.0 Å². The monoisotopic (exact) mass is 277 g/mol. The molecule has 1 aromatic heterocycles. The van der Waals surface area contributed by atoms with Crippen molar-refractivity contribution in [1.29, 1.82) is 0 Å². The third-order valence-electron chi connectivity index (χ3n) is 3.47. The number of hydrogen-bond donors (Lipinski definition) is 1.